The molecule has 1 aromatic carbocycles. The van der Waals surface area contributed by atoms with Crippen molar-refractivity contribution >= 4 is 28.9 Å². The Morgan fingerprint density at radius 3 is 2.52 bits per heavy atom. The molecule has 1 saturated heterocycles. The van der Waals surface area contributed by atoms with Crippen molar-refractivity contribution < 1.29 is 9.53 Å². The molecule has 3 fully saturated rings. The van der Waals surface area contributed by atoms with Gasteiger partial charge in [-0.15, -0.1) is 0 Å². The third-order valence-corrected chi connectivity index (χ3v) is 5.65. The fourth-order valence-electron chi connectivity index (χ4n) is 3.71. The first kappa shape index (κ1) is 17.0. The van der Waals surface area contributed by atoms with E-state index in [2.05, 4.69) is 15.5 Å². The van der Waals surface area contributed by atoms with Crippen LogP contribution >= 0.6 is 11.6 Å². The standard InChI is InChI=1S/C19H26ClN3O2/c20-15-2-1-3-16(19(15)23-8-10-25-11-9-23)21-12-17(24)22-18(13-4-5-13)14-6-7-14/h1-3,13-14,18,21H,4-12H2,(H,22,24). The zero-order valence-corrected chi connectivity index (χ0v) is 15.2. The maximum Gasteiger partial charge on any atom is 0.239 e. The fraction of sp³-hybridized carbons (Fsp3) is 0.632. The molecule has 136 valence electrons. The molecule has 0 aromatic heterocycles. The third kappa shape index (κ3) is 4.21. The molecule has 2 aliphatic carbocycles. The maximum absolute atomic E-state index is 12.4. The van der Waals surface area contributed by atoms with E-state index in [1.165, 1.54) is 25.7 Å². The Balaban J connectivity index is 1.38. The van der Waals surface area contributed by atoms with Crippen molar-refractivity contribution in [2.75, 3.05) is 43.1 Å². The van der Waals surface area contributed by atoms with E-state index in [0.29, 0.717) is 36.1 Å². The molecule has 3 aliphatic rings. The van der Waals surface area contributed by atoms with Gasteiger partial charge in [-0.3, -0.25) is 4.79 Å². The van der Waals surface area contributed by atoms with Crippen molar-refractivity contribution in [3.8, 4) is 0 Å². The highest BCUT2D eigenvalue weighted by Gasteiger charge is 2.42. The molecule has 4 rings (SSSR count). The molecule has 1 amide bonds. The lowest BCUT2D eigenvalue weighted by Crippen LogP contribution is -2.41. The van der Waals surface area contributed by atoms with Gasteiger partial charge in [-0.05, 0) is 49.7 Å². The van der Waals surface area contributed by atoms with Crippen LogP contribution in [0.5, 0.6) is 0 Å². The zero-order valence-electron chi connectivity index (χ0n) is 14.5. The zero-order chi connectivity index (χ0) is 17.2. The number of para-hydroxylation sites is 1. The number of anilines is 2. The summed E-state index contributed by atoms with van der Waals surface area (Å²) >= 11 is 6.44. The van der Waals surface area contributed by atoms with Crippen LogP contribution in [0.4, 0.5) is 11.4 Å². The molecule has 2 N–H and O–H groups in total. The van der Waals surface area contributed by atoms with E-state index < -0.39 is 0 Å². The molecule has 1 heterocycles. The number of amides is 1. The average Bonchev–Trinajstić information content (AvgIpc) is 3.52. The molecule has 6 heteroatoms. The topological polar surface area (TPSA) is 53.6 Å². The summed E-state index contributed by atoms with van der Waals surface area (Å²) in [6.45, 7) is 3.32. The molecule has 0 spiro atoms. The van der Waals surface area contributed by atoms with Crippen LogP contribution in [0.3, 0.4) is 0 Å². The van der Waals surface area contributed by atoms with Crippen LogP contribution < -0.4 is 15.5 Å². The number of halogens is 1. The lowest BCUT2D eigenvalue weighted by Gasteiger charge is -2.31. The monoisotopic (exact) mass is 363 g/mol. The summed E-state index contributed by atoms with van der Waals surface area (Å²) in [5.41, 5.74) is 1.89. The first-order valence-electron chi connectivity index (χ1n) is 9.37. The Labute approximate surface area is 154 Å². The number of nitrogens with zero attached hydrogens (tertiary/aromatic N) is 1. The summed E-state index contributed by atoms with van der Waals surface area (Å²) in [7, 11) is 0. The largest absolute Gasteiger partial charge is 0.378 e. The lowest BCUT2D eigenvalue weighted by molar-refractivity contribution is -0.120. The van der Waals surface area contributed by atoms with Crippen molar-refractivity contribution in [1.82, 2.24) is 5.32 Å². The molecule has 0 bridgehead atoms. The number of hydrogen-bond donors (Lipinski definition) is 2. The van der Waals surface area contributed by atoms with Crippen molar-refractivity contribution in [2.45, 2.75) is 31.7 Å². The van der Waals surface area contributed by atoms with Gasteiger partial charge in [-0.25, -0.2) is 0 Å². The maximum atomic E-state index is 12.4. The summed E-state index contributed by atoms with van der Waals surface area (Å²) in [6.07, 6.45) is 5.07. The summed E-state index contributed by atoms with van der Waals surface area (Å²) < 4.78 is 5.43. The van der Waals surface area contributed by atoms with Crippen LogP contribution in [-0.2, 0) is 9.53 Å². The predicted octanol–water partition coefficient (Wildman–Crippen LogP) is 2.89. The SMILES string of the molecule is O=C(CNc1cccc(Cl)c1N1CCOCC1)NC(C1CC1)C1CC1. The van der Waals surface area contributed by atoms with Gasteiger partial charge in [0.25, 0.3) is 0 Å². The van der Waals surface area contributed by atoms with E-state index >= 15 is 0 Å². The number of ether oxygens (including phenoxy) is 1. The Morgan fingerprint density at radius 1 is 1.20 bits per heavy atom. The van der Waals surface area contributed by atoms with Gasteiger partial charge in [0, 0.05) is 19.1 Å². The van der Waals surface area contributed by atoms with Gasteiger partial charge in [-0.1, -0.05) is 17.7 Å². The van der Waals surface area contributed by atoms with E-state index in [1.54, 1.807) is 0 Å². The fourth-order valence-corrected chi connectivity index (χ4v) is 4.00. The van der Waals surface area contributed by atoms with Gasteiger partial charge in [0.15, 0.2) is 0 Å². The van der Waals surface area contributed by atoms with Crippen molar-refractivity contribution in [2.24, 2.45) is 11.8 Å². The second kappa shape index (κ2) is 7.42. The molecule has 0 unspecified atom stereocenters. The minimum absolute atomic E-state index is 0.0803. The first-order chi connectivity index (χ1) is 12.2. The third-order valence-electron chi connectivity index (χ3n) is 5.34. The second-order valence-corrected chi connectivity index (χ2v) is 7.76. The van der Waals surface area contributed by atoms with E-state index in [0.717, 1.165) is 24.5 Å². The highest BCUT2D eigenvalue weighted by Crippen LogP contribution is 2.44. The van der Waals surface area contributed by atoms with Crippen molar-refractivity contribution in [3.05, 3.63) is 23.2 Å². The highest BCUT2D eigenvalue weighted by molar-refractivity contribution is 6.34. The Morgan fingerprint density at radius 2 is 1.88 bits per heavy atom. The summed E-state index contributed by atoms with van der Waals surface area (Å²) in [4.78, 5) is 14.6. The van der Waals surface area contributed by atoms with Gasteiger partial charge in [-0.2, -0.15) is 0 Å². The van der Waals surface area contributed by atoms with Gasteiger partial charge >= 0.3 is 0 Å². The van der Waals surface area contributed by atoms with Crippen LogP contribution in [0.25, 0.3) is 0 Å². The van der Waals surface area contributed by atoms with Gasteiger partial charge in [0.05, 0.1) is 36.2 Å². The highest BCUT2D eigenvalue weighted by atomic mass is 35.5. The minimum atomic E-state index is 0.0803. The normalized spacial score (nSPS) is 20.6. The molecule has 5 nitrogen and oxygen atoms in total. The molecule has 0 atom stereocenters. The second-order valence-electron chi connectivity index (χ2n) is 7.36. The van der Waals surface area contributed by atoms with E-state index in [1.807, 2.05) is 18.2 Å². The summed E-state index contributed by atoms with van der Waals surface area (Å²) in [5.74, 6) is 1.51. The molecule has 1 aliphatic heterocycles. The van der Waals surface area contributed by atoms with Crippen LogP contribution in [0.15, 0.2) is 18.2 Å². The van der Waals surface area contributed by atoms with Crippen molar-refractivity contribution in [1.29, 1.82) is 0 Å². The van der Waals surface area contributed by atoms with Crippen LogP contribution in [0.2, 0.25) is 5.02 Å². The van der Waals surface area contributed by atoms with Gasteiger partial charge in [0.2, 0.25) is 5.91 Å². The molecular formula is C19H26ClN3O2. The Bertz CT molecular complexity index is 613. The lowest BCUT2D eigenvalue weighted by atomic mass is 10.1. The van der Waals surface area contributed by atoms with Crippen molar-refractivity contribution in [3.63, 3.8) is 0 Å². The van der Waals surface area contributed by atoms with E-state index in [9.17, 15) is 4.79 Å². The number of morpholine rings is 1. The molecule has 25 heavy (non-hydrogen) atoms. The number of nitrogens with one attached hydrogen (secondary N) is 2. The van der Waals surface area contributed by atoms with Gasteiger partial charge in [0.1, 0.15) is 0 Å². The smallest absolute Gasteiger partial charge is 0.239 e. The first-order valence-corrected chi connectivity index (χ1v) is 9.74. The molecule has 1 aromatic rings. The molecular weight excluding hydrogens is 338 g/mol. The van der Waals surface area contributed by atoms with Crippen LogP contribution in [-0.4, -0.2) is 44.8 Å². The number of carbonyl (C=O) groups excluding carboxylic acids is 1. The molecule has 0 radical (unpaired) electrons. The number of benzene rings is 1. The number of rotatable bonds is 7. The molecule has 2 saturated carbocycles. The van der Waals surface area contributed by atoms with E-state index in [4.69, 9.17) is 16.3 Å². The number of hydrogen-bond acceptors (Lipinski definition) is 4. The minimum Gasteiger partial charge on any atom is -0.378 e. The average molecular weight is 364 g/mol. The number of carbonyl (C=O) groups is 1. The quantitative estimate of drug-likeness (QED) is 0.782. The van der Waals surface area contributed by atoms with Crippen LogP contribution in [0, 0.1) is 11.8 Å². The van der Waals surface area contributed by atoms with Crippen LogP contribution in [0.1, 0.15) is 25.7 Å². The summed E-state index contributed by atoms with van der Waals surface area (Å²) in [6, 6.07) is 6.20. The summed E-state index contributed by atoms with van der Waals surface area (Å²) in [5, 5.41) is 7.26. The Hall–Kier alpha value is -1.46. The van der Waals surface area contributed by atoms with E-state index in [-0.39, 0.29) is 12.5 Å². The van der Waals surface area contributed by atoms with Gasteiger partial charge < -0.3 is 20.3 Å². The Kier molecular flexibility index (Phi) is 5.04. The predicted molar refractivity (Wildman–Crippen MR) is 100 cm³/mol.